The minimum absolute atomic E-state index is 0. The number of nitrogens with one attached hydrogen (secondary N) is 2. The maximum absolute atomic E-state index is 4.45. The van der Waals surface area contributed by atoms with E-state index in [-0.39, 0.29) is 24.0 Å². The third-order valence-electron chi connectivity index (χ3n) is 3.80. The average Bonchev–Trinajstić information content (AvgIpc) is 3.19. The molecule has 21 heavy (non-hydrogen) atoms. The van der Waals surface area contributed by atoms with Gasteiger partial charge in [0, 0.05) is 25.0 Å². The summed E-state index contributed by atoms with van der Waals surface area (Å²) in [5, 5.41) is 6.81. The van der Waals surface area contributed by atoms with E-state index < -0.39 is 0 Å². The number of hydrogen-bond donors (Lipinski definition) is 2. The topological polar surface area (TPSA) is 36.4 Å². The van der Waals surface area contributed by atoms with Crippen LogP contribution in [0.5, 0.6) is 0 Å². The standard InChI is InChI=1S/C17H27N3.HI/c1-5-18-17(19-6-2)20-16-11-15(16)14-9-7-13(8-10-14)12(3)4;/h7-10,12,15-16H,5-6,11H2,1-4H3,(H2,18,19,20);1H. The fourth-order valence-corrected chi connectivity index (χ4v) is 2.50. The highest BCUT2D eigenvalue weighted by Gasteiger charge is 2.38. The molecule has 4 heteroatoms. The summed E-state index contributed by atoms with van der Waals surface area (Å²) >= 11 is 0. The van der Waals surface area contributed by atoms with E-state index >= 15 is 0 Å². The van der Waals surface area contributed by atoms with Crippen molar-refractivity contribution >= 4 is 29.9 Å². The Balaban J connectivity index is 0.00000220. The Morgan fingerprint density at radius 3 is 2.43 bits per heavy atom. The molecule has 2 rings (SSSR count). The van der Waals surface area contributed by atoms with E-state index in [2.05, 4.69) is 67.6 Å². The second-order valence-electron chi connectivity index (χ2n) is 5.77. The number of benzene rings is 1. The van der Waals surface area contributed by atoms with Crippen molar-refractivity contribution < 1.29 is 0 Å². The maximum atomic E-state index is 4.45. The van der Waals surface area contributed by atoms with Crippen LogP contribution in [0.2, 0.25) is 0 Å². The highest BCUT2D eigenvalue weighted by molar-refractivity contribution is 14.0. The van der Waals surface area contributed by atoms with Gasteiger partial charge in [-0.2, -0.15) is 0 Å². The van der Waals surface area contributed by atoms with Crippen LogP contribution in [0.15, 0.2) is 29.3 Å². The zero-order chi connectivity index (χ0) is 14.5. The molecule has 0 bridgehead atoms. The molecule has 2 unspecified atom stereocenters. The normalized spacial score (nSPS) is 20.9. The number of rotatable bonds is 5. The quantitative estimate of drug-likeness (QED) is 0.447. The van der Waals surface area contributed by atoms with Gasteiger partial charge in [-0.05, 0) is 37.3 Å². The molecule has 0 heterocycles. The highest BCUT2D eigenvalue weighted by atomic mass is 127. The van der Waals surface area contributed by atoms with Crippen LogP contribution in [0, 0.1) is 0 Å². The first-order valence-corrected chi connectivity index (χ1v) is 7.80. The van der Waals surface area contributed by atoms with Crippen molar-refractivity contribution in [2.45, 2.75) is 52.0 Å². The summed E-state index contributed by atoms with van der Waals surface area (Å²) in [7, 11) is 0. The largest absolute Gasteiger partial charge is 0.357 e. The lowest BCUT2D eigenvalue weighted by atomic mass is 10.0. The van der Waals surface area contributed by atoms with E-state index in [0.29, 0.717) is 17.9 Å². The maximum Gasteiger partial charge on any atom is 0.191 e. The van der Waals surface area contributed by atoms with Gasteiger partial charge < -0.3 is 10.6 Å². The molecule has 118 valence electrons. The monoisotopic (exact) mass is 401 g/mol. The Bertz CT molecular complexity index is 454. The van der Waals surface area contributed by atoms with Crippen molar-refractivity contribution in [1.29, 1.82) is 0 Å². The molecule has 2 N–H and O–H groups in total. The summed E-state index contributed by atoms with van der Waals surface area (Å²) in [5.41, 5.74) is 2.86. The first-order chi connectivity index (χ1) is 9.65. The van der Waals surface area contributed by atoms with Crippen LogP contribution in [0.3, 0.4) is 0 Å². The van der Waals surface area contributed by atoms with Crippen molar-refractivity contribution in [3.63, 3.8) is 0 Å². The fourth-order valence-electron chi connectivity index (χ4n) is 2.50. The molecule has 0 saturated heterocycles. The lowest BCUT2D eigenvalue weighted by Gasteiger charge is -2.11. The summed E-state index contributed by atoms with van der Waals surface area (Å²) in [5.74, 6) is 2.19. The predicted octanol–water partition coefficient (Wildman–Crippen LogP) is 3.86. The van der Waals surface area contributed by atoms with Gasteiger partial charge in [0.05, 0.1) is 0 Å². The van der Waals surface area contributed by atoms with Crippen LogP contribution in [-0.2, 0) is 0 Å². The molecule has 0 radical (unpaired) electrons. The third kappa shape index (κ3) is 5.16. The molecule has 0 amide bonds. The van der Waals surface area contributed by atoms with E-state index in [1.54, 1.807) is 0 Å². The molecule has 2 atom stereocenters. The molecule has 1 aromatic rings. The third-order valence-corrected chi connectivity index (χ3v) is 3.80. The lowest BCUT2D eigenvalue weighted by Crippen LogP contribution is -2.39. The SMILES string of the molecule is CCN=C(NCC)NC1CC1c1ccc(C(C)C)cc1.I. The van der Waals surface area contributed by atoms with Crippen LogP contribution in [0.1, 0.15) is 57.1 Å². The van der Waals surface area contributed by atoms with Crippen molar-refractivity contribution in [3.8, 4) is 0 Å². The Morgan fingerprint density at radius 2 is 1.90 bits per heavy atom. The molecule has 1 saturated carbocycles. The van der Waals surface area contributed by atoms with Gasteiger partial charge in [-0.3, -0.25) is 4.99 Å². The van der Waals surface area contributed by atoms with E-state index in [1.165, 1.54) is 17.5 Å². The predicted molar refractivity (Wildman–Crippen MR) is 102 cm³/mol. The van der Waals surface area contributed by atoms with Gasteiger partial charge in [0.1, 0.15) is 0 Å². The summed E-state index contributed by atoms with van der Waals surface area (Å²) < 4.78 is 0. The minimum atomic E-state index is 0. The van der Waals surface area contributed by atoms with E-state index in [9.17, 15) is 0 Å². The van der Waals surface area contributed by atoms with Crippen LogP contribution in [-0.4, -0.2) is 25.1 Å². The Kier molecular flexibility index (Phi) is 7.49. The van der Waals surface area contributed by atoms with Crippen LogP contribution in [0.4, 0.5) is 0 Å². The lowest BCUT2D eigenvalue weighted by molar-refractivity contribution is 0.798. The molecule has 0 aromatic heterocycles. The molecule has 0 spiro atoms. The second-order valence-corrected chi connectivity index (χ2v) is 5.77. The van der Waals surface area contributed by atoms with E-state index in [1.807, 2.05) is 0 Å². The average molecular weight is 401 g/mol. The molecule has 3 nitrogen and oxygen atoms in total. The molecule has 1 aromatic carbocycles. The zero-order valence-corrected chi connectivity index (χ0v) is 15.8. The van der Waals surface area contributed by atoms with Crippen molar-refractivity contribution in [3.05, 3.63) is 35.4 Å². The molecule has 0 aliphatic heterocycles. The van der Waals surface area contributed by atoms with E-state index in [0.717, 1.165) is 19.0 Å². The van der Waals surface area contributed by atoms with Gasteiger partial charge in [-0.1, -0.05) is 38.1 Å². The highest BCUT2D eigenvalue weighted by Crippen LogP contribution is 2.41. The Labute approximate surface area is 146 Å². The number of guanidine groups is 1. The van der Waals surface area contributed by atoms with Gasteiger partial charge in [0.25, 0.3) is 0 Å². The first kappa shape index (κ1) is 18.3. The zero-order valence-electron chi connectivity index (χ0n) is 13.5. The molecule has 1 aliphatic rings. The first-order valence-electron chi connectivity index (χ1n) is 7.80. The van der Waals surface area contributed by atoms with Crippen molar-refractivity contribution in [1.82, 2.24) is 10.6 Å². The minimum Gasteiger partial charge on any atom is -0.357 e. The Morgan fingerprint density at radius 1 is 1.24 bits per heavy atom. The van der Waals surface area contributed by atoms with Crippen LogP contribution >= 0.6 is 24.0 Å². The number of halogens is 1. The van der Waals surface area contributed by atoms with Crippen molar-refractivity contribution in [2.24, 2.45) is 4.99 Å². The smallest absolute Gasteiger partial charge is 0.191 e. The van der Waals surface area contributed by atoms with Gasteiger partial charge in [-0.25, -0.2) is 0 Å². The summed E-state index contributed by atoms with van der Waals surface area (Å²) in [6.07, 6.45) is 1.20. The molecular formula is C17H28IN3. The number of hydrogen-bond acceptors (Lipinski definition) is 1. The van der Waals surface area contributed by atoms with Gasteiger partial charge >= 0.3 is 0 Å². The second kappa shape index (κ2) is 8.61. The molecular weight excluding hydrogens is 373 g/mol. The summed E-state index contributed by atoms with van der Waals surface area (Å²) in [4.78, 5) is 4.45. The van der Waals surface area contributed by atoms with Gasteiger partial charge in [0.15, 0.2) is 5.96 Å². The summed E-state index contributed by atoms with van der Waals surface area (Å²) in [6, 6.07) is 9.63. The van der Waals surface area contributed by atoms with Crippen LogP contribution < -0.4 is 10.6 Å². The molecule has 1 aliphatic carbocycles. The van der Waals surface area contributed by atoms with E-state index in [4.69, 9.17) is 0 Å². The van der Waals surface area contributed by atoms with Gasteiger partial charge in [-0.15, -0.1) is 24.0 Å². The fraction of sp³-hybridized carbons (Fsp3) is 0.588. The van der Waals surface area contributed by atoms with Gasteiger partial charge in [0.2, 0.25) is 0 Å². The van der Waals surface area contributed by atoms with Crippen molar-refractivity contribution in [2.75, 3.05) is 13.1 Å². The Hall–Kier alpha value is -0.780. The molecule has 1 fully saturated rings. The van der Waals surface area contributed by atoms with Crippen LogP contribution in [0.25, 0.3) is 0 Å². The number of nitrogens with zero attached hydrogens (tertiary/aromatic N) is 1. The summed E-state index contributed by atoms with van der Waals surface area (Å²) in [6.45, 7) is 10.4. The number of aliphatic imine (C=N–C) groups is 1.